The molecule has 0 spiro atoms. The van der Waals surface area contributed by atoms with Crippen LogP contribution in [-0.4, -0.2) is 31.6 Å². The van der Waals surface area contributed by atoms with Crippen LogP contribution in [0.5, 0.6) is 11.5 Å². The van der Waals surface area contributed by atoms with Gasteiger partial charge in [0.15, 0.2) is 17.6 Å². The molecule has 3 rings (SSSR count). The van der Waals surface area contributed by atoms with Crippen LogP contribution in [0.2, 0.25) is 0 Å². The number of nitrogens with one attached hydrogen (secondary N) is 1. The average molecular weight is 210 g/mol. The molecular weight excluding hydrogens is 192 g/mol. The van der Waals surface area contributed by atoms with Crippen LogP contribution in [0.4, 0.5) is 0 Å². The number of amidine groups is 1. The van der Waals surface area contributed by atoms with Gasteiger partial charge in [-0.1, -0.05) is 12.1 Å². The zero-order valence-electron chi connectivity index (χ0n) is 13.7. The Morgan fingerprint density at radius 2 is 2.33 bits per heavy atom. The molecule has 0 radical (unpaired) electrons. The van der Waals surface area contributed by atoms with E-state index in [2.05, 4.69) is 10.3 Å². The monoisotopic (exact) mass is 210 g/mol. The minimum absolute atomic E-state index is 0.000377. The molecule has 3 atom stereocenters. The average Bonchev–Trinajstić information content (AvgIpc) is 2.82. The topological polar surface area (TPSA) is 42.8 Å². The molecule has 0 saturated carbocycles. The van der Waals surface area contributed by atoms with Crippen LogP contribution in [-0.2, 0) is 0 Å². The maximum Gasteiger partial charge on any atom is 0.189 e. The van der Waals surface area contributed by atoms with Gasteiger partial charge in [0.05, 0.1) is 14.7 Å². The van der Waals surface area contributed by atoms with Gasteiger partial charge in [-0.2, -0.15) is 0 Å². The third-order valence-corrected chi connectivity index (χ3v) is 2.08. The lowest BCUT2D eigenvalue weighted by atomic mass is 10.2. The minimum Gasteiger partial charge on any atom is -0.485 e. The number of aliphatic imine (C=N–C) groups is 1. The smallest absolute Gasteiger partial charge is 0.189 e. The molecule has 1 N–H and O–H groups in total. The summed E-state index contributed by atoms with van der Waals surface area (Å²) in [7, 11) is 0. The van der Waals surface area contributed by atoms with E-state index in [-0.39, 0.29) is 42.1 Å². The van der Waals surface area contributed by atoms with E-state index in [1.54, 1.807) is 0 Å². The molecule has 0 aromatic heterocycles. The molecule has 0 fully saturated rings. The van der Waals surface area contributed by atoms with E-state index in [0.29, 0.717) is 0 Å². The number of fused-ring (bicyclic) bond motifs is 1. The van der Waals surface area contributed by atoms with Crippen LogP contribution < -0.4 is 14.8 Å². The molecule has 2 aliphatic rings. The first-order valence-corrected chi connectivity index (χ1v) is 4.48. The molecule has 0 amide bonds. The largest absolute Gasteiger partial charge is 0.485 e. The molecule has 4 heteroatoms. The predicted molar refractivity (Wildman–Crippen MR) is 56.7 cm³/mol. The number of rotatable bonds is 1. The molecule has 1 aromatic rings. The molecule has 1 aromatic carbocycles. The summed E-state index contributed by atoms with van der Waals surface area (Å²) >= 11 is 0. The van der Waals surface area contributed by atoms with Gasteiger partial charge in [0.1, 0.15) is 12.4 Å². The number of nitrogens with zero attached hydrogens (tertiary/aromatic N) is 1. The fourth-order valence-electron chi connectivity index (χ4n) is 1.40. The second-order valence-corrected chi connectivity index (χ2v) is 3.05. The summed E-state index contributed by atoms with van der Waals surface area (Å²) in [5.41, 5.74) is 0. The van der Waals surface area contributed by atoms with Crippen LogP contribution in [0.25, 0.3) is 0 Å². The van der Waals surface area contributed by atoms with Crippen molar-refractivity contribution in [1.29, 1.82) is 0 Å². The van der Waals surface area contributed by atoms with Crippen molar-refractivity contribution in [3.63, 3.8) is 0 Å². The van der Waals surface area contributed by atoms with Gasteiger partial charge in [-0.25, -0.2) is 0 Å². The highest BCUT2D eigenvalue weighted by Crippen LogP contribution is 2.31. The Balaban J connectivity index is 1.95. The SMILES string of the molecule is [2H]c1c([2H])c([2H])c2c(c1[2H])OCC(C1=N[C@H]([2H])[C@H]([2H])N1)O2. The first-order chi connectivity index (χ1) is 9.90. The summed E-state index contributed by atoms with van der Waals surface area (Å²) in [5.74, 6) is 0.186. The van der Waals surface area contributed by atoms with E-state index in [1.165, 1.54) is 0 Å². The molecule has 1 unspecified atom stereocenters. The first-order valence-electron chi connectivity index (χ1n) is 7.64. The summed E-state index contributed by atoms with van der Waals surface area (Å²) in [6.07, 6.45) is -0.722. The third-order valence-electron chi connectivity index (χ3n) is 2.08. The summed E-state index contributed by atoms with van der Waals surface area (Å²) in [6.45, 7) is -1.83. The van der Waals surface area contributed by atoms with Crippen molar-refractivity contribution < 1.29 is 17.7 Å². The number of para-hydroxylation sites is 2. The van der Waals surface area contributed by atoms with Crippen molar-refractivity contribution >= 4 is 5.84 Å². The van der Waals surface area contributed by atoms with Crippen molar-refractivity contribution in [1.82, 2.24) is 5.32 Å². The van der Waals surface area contributed by atoms with Crippen LogP contribution in [0.15, 0.2) is 29.2 Å². The zero-order chi connectivity index (χ0) is 15.3. The molecule has 0 saturated heterocycles. The van der Waals surface area contributed by atoms with Crippen molar-refractivity contribution in [2.45, 2.75) is 6.10 Å². The van der Waals surface area contributed by atoms with E-state index in [1.807, 2.05) is 0 Å². The zero-order valence-corrected chi connectivity index (χ0v) is 7.70. The molecule has 15 heavy (non-hydrogen) atoms. The third kappa shape index (κ3) is 1.52. The van der Waals surface area contributed by atoms with Gasteiger partial charge < -0.3 is 14.8 Å². The molecule has 4 nitrogen and oxygen atoms in total. The maximum atomic E-state index is 7.82. The molecule has 2 aliphatic heterocycles. The van der Waals surface area contributed by atoms with Crippen LogP contribution >= 0.6 is 0 Å². The first kappa shape index (κ1) is 4.43. The lowest BCUT2D eigenvalue weighted by Gasteiger charge is -2.26. The normalized spacial score (nSPS) is 38.7. The van der Waals surface area contributed by atoms with Gasteiger partial charge in [0.2, 0.25) is 0 Å². The summed E-state index contributed by atoms with van der Waals surface area (Å²) < 4.78 is 56.8. The molecule has 0 bridgehead atoms. The van der Waals surface area contributed by atoms with Crippen molar-refractivity contribution in [2.75, 3.05) is 19.6 Å². The van der Waals surface area contributed by atoms with Crippen LogP contribution in [0.3, 0.4) is 0 Å². The van der Waals surface area contributed by atoms with E-state index in [0.717, 1.165) is 0 Å². The van der Waals surface area contributed by atoms with Gasteiger partial charge in [-0.15, -0.1) is 0 Å². The quantitative estimate of drug-likeness (QED) is 0.746. The van der Waals surface area contributed by atoms with Crippen molar-refractivity contribution in [3.8, 4) is 11.5 Å². The van der Waals surface area contributed by atoms with Gasteiger partial charge >= 0.3 is 0 Å². The molecule has 2 heterocycles. The van der Waals surface area contributed by atoms with E-state index < -0.39 is 25.2 Å². The Hall–Kier alpha value is -1.71. The second kappa shape index (κ2) is 3.46. The Labute approximate surface area is 96.3 Å². The number of ether oxygens (including phenoxy) is 2. The van der Waals surface area contributed by atoms with E-state index >= 15 is 0 Å². The fraction of sp³-hybridized carbons (Fsp3) is 0.364. The van der Waals surface area contributed by atoms with E-state index in [4.69, 9.17) is 17.7 Å². The van der Waals surface area contributed by atoms with Gasteiger partial charge in [-0.3, -0.25) is 4.99 Å². The Bertz CT molecular complexity index is 638. The van der Waals surface area contributed by atoms with Crippen LogP contribution in [0.1, 0.15) is 8.22 Å². The van der Waals surface area contributed by atoms with Gasteiger partial charge in [0, 0.05) is 6.52 Å². The lowest BCUT2D eigenvalue weighted by molar-refractivity contribution is 0.133. The number of hydrogen-bond acceptors (Lipinski definition) is 4. The molecular formula is C11H12N2O2. The standard InChI is InChI=1S/C11H12N2O2/c1-2-4-9-8(3-1)14-7-10(15-9)11-12-5-6-13-11/h1-4,10H,5-7H2,(H,12,13)/i1D,2D,3D,4D,5D,6D/t5-,6+,10?. The summed E-state index contributed by atoms with van der Waals surface area (Å²) in [4.78, 5) is 3.95. The summed E-state index contributed by atoms with van der Waals surface area (Å²) in [5, 5.41) is 2.70. The van der Waals surface area contributed by atoms with E-state index in [9.17, 15) is 0 Å². The molecule has 0 aliphatic carbocycles. The molecule has 78 valence electrons. The maximum absolute atomic E-state index is 7.82. The number of hydrogen-bond donors (Lipinski definition) is 1. The Morgan fingerprint density at radius 1 is 1.47 bits per heavy atom. The van der Waals surface area contributed by atoms with Crippen molar-refractivity contribution in [2.24, 2.45) is 4.99 Å². The van der Waals surface area contributed by atoms with Crippen molar-refractivity contribution in [3.05, 3.63) is 24.2 Å². The highest BCUT2D eigenvalue weighted by atomic mass is 16.6. The fourth-order valence-corrected chi connectivity index (χ4v) is 1.40. The number of benzene rings is 1. The lowest BCUT2D eigenvalue weighted by Crippen LogP contribution is -2.42. The Morgan fingerprint density at radius 3 is 3.13 bits per heavy atom. The highest BCUT2D eigenvalue weighted by Gasteiger charge is 2.26. The predicted octanol–water partition coefficient (Wildman–Crippen LogP) is 0.828. The Kier molecular flexibility index (Phi) is 1.02. The minimum atomic E-state index is -0.949. The highest BCUT2D eigenvalue weighted by molar-refractivity contribution is 5.88. The van der Waals surface area contributed by atoms with Crippen LogP contribution in [0, 0.1) is 0 Å². The second-order valence-electron chi connectivity index (χ2n) is 3.05. The summed E-state index contributed by atoms with van der Waals surface area (Å²) in [6, 6.07) is -1.39. The van der Waals surface area contributed by atoms with Gasteiger partial charge in [-0.05, 0) is 12.1 Å². The van der Waals surface area contributed by atoms with Gasteiger partial charge in [0.25, 0.3) is 0 Å².